The Morgan fingerprint density at radius 3 is 2.39 bits per heavy atom. The van der Waals surface area contributed by atoms with E-state index < -0.39 is 23.6 Å². The molecule has 4 aromatic rings. The molecule has 0 radical (unpaired) electrons. The summed E-state index contributed by atoms with van der Waals surface area (Å²) in [6.07, 6.45) is -2.29. The minimum Gasteiger partial charge on any atom is -0.474 e. The maximum atomic E-state index is 13.3. The Bertz CT molecular complexity index is 1400. The van der Waals surface area contributed by atoms with Crippen LogP contribution in [0.5, 0.6) is 5.75 Å². The van der Waals surface area contributed by atoms with Gasteiger partial charge in [0.1, 0.15) is 11.4 Å². The summed E-state index contributed by atoms with van der Waals surface area (Å²) in [5, 5.41) is 0.698. The highest BCUT2D eigenvalue weighted by Crippen LogP contribution is 2.40. The lowest BCUT2D eigenvalue weighted by Gasteiger charge is -2.36. The average Bonchev–Trinajstić information content (AvgIpc) is 2.92. The van der Waals surface area contributed by atoms with Gasteiger partial charge in [-0.2, -0.15) is 13.2 Å². The second kappa shape index (κ2) is 11.3. The molecule has 2 unspecified atom stereocenters. The van der Waals surface area contributed by atoms with Crippen molar-refractivity contribution in [2.75, 3.05) is 13.2 Å². The normalized spacial score (nSPS) is 17.8. The molecule has 0 aliphatic carbocycles. The molecule has 5 nitrogen and oxygen atoms in total. The zero-order valence-electron chi connectivity index (χ0n) is 20.1. The fraction of sp³-hybridized carbons (Fsp3) is 0.286. The lowest BCUT2D eigenvalue weighted by Crippen LogP contribution is -2.42. The molecule has 0 bridgehead atoms. The number of benzene rings is 3. The SMILES string of the molecule is FC(F)(F)c1ccc(OC(COC2CCCCO2)(c2ccccc2)c2nc(Cl)nc3ccc(I)cc23)cc1. The second-order valence-electron chi connectivity index (χ2n) is 8.93. The molecule has 1 aliphatic heterocycles. The third kappa shape index (κ3) is 5.90. The highest BCUT2D eigenvalue weighted by Gasteiger charge is 2.42. The Labute approximate surface area is 236 Å². The molecule has 0 spiro atoms. The van der Waals surface area contributed by atoms with Crippen molar-refractivity contribution in [2.45, 2.75) is 37.3 Å². The molecule has 5 rings (SSSR count). The molecule has 1 saturated heterocycles. The van der Waals surface area contributed by atoms with Crippen LogP contribution in [0.3, 0.4) is 0 Å². The third-order valence-corrected chi connectivity index (χ3v) is 7.18. The van der Waals surface area contributed by atoms with Gasteiger partial charge in [-0.25, -0.2) is 9.97 Å². The van der Waals surface area contributed by atoms with Gasteiger partial charge < -0.3 is 14.2 Å². The summed E-state index contributed by atoms with van der Waals surface area (Å²) in [4.78, 5) is 9.02. The van der Waals surface area contributed by atoms with Gasteiger partial charge in [0.15, 0.2) is 11.9 Å². The first kappa shape index (κ1) is 27.1. The van der Waals surface area contributed by atoms with Gasteiger partial charge in [0.05, 0.1) is 17.7 Å². The Kier molecular flexibility index (Phi) is 8.08. The Morgan fingerprint density at radius 1 is 0.947 bits per heavy atom. The van der Waals surface area contributed by atoms with Crippen LogP contribution in [0.4, 0.5) is 13.2 Å². The highest BCUT2D eigenvalue weighted by molar-refractivity contribution is 14.1. The van der Waals surface area contributed by atoms with E-state index in [0.29, 0.717) is 35.2 Å². The summed E-state index contributed by atoms with van der Waals surface area (Å²) in [5.41, 5.74) is -0.437. The highest BCUT2D eigenvalue weighted by atomic mass is 127. The molecular formula is C28H23ClF3IN2O3. The van der Waals surface area contributed by atoms with Gasteiger partial charge in [-0.15, -0.1) is 0 Å². The van der Waals surface area contributed by atoms with Gasteiger partial charge in [-0.1, -0.05) is 30.3 Å². The van der Waals surface area contributed by atoms with E-state index in [4.69, 9.17) is 25.8 Å². The van der Waals surface area contributed by atoms with Crippen molar-refractivity contribution in [3.05, 3.63) is 98.5 Å². The van der Waals surface area contributed by atoms with Gasteiger partial charge in [-0.3, -0.25) is 0 Å². The van der Waals surface area contributed by atoms with Crippen LogP contribution in [-0.4, -0.2) is 29.5 Å². The van der Waals surface area contributed by atoms with Crippen molar-refractivity contribution in [1.82, 2.24) is 9.97 Å². The molecule has 2 heterocycles. The molecule has 1 aromatic heterocycles. The largest absolute Gasteiger partial charge is 0.474 e. The standard InChI is InChI=1S/C28H23ClF3IN2O3/c29-26-34-23-14-11-20(33)16-22(23)25(35-26)27(18-6-2-1-3-7-18,17-37-24-8-4-5-15-36-24)38-21-12-9-19(10-13-21)28(30,31)32/h1-3,6-7,9-14,16,24H,4-5,8,15,17H2. The van der Waals surface area contributed by atoms with Crippen molar-refractivity contribution in [2.24, 2.45) is 0 Å². The van der Waals surface area contributed by atoms with Crippen molar-refractivity contribution in [3.63, 3.8) is 0 Å². The van der Waals surface area contributed by atoms with Crippen LogP contribution in [0.15, 0.2) is 72.8 Å². The number of aromatic nitrogens is 2. The van der Waals surface area contributed by atoms with Crippen LogP contribution < -0.4 is 4.74 Å². The lowest BCUT2D eigenvalue weighted by atomic mass is 9.88. The molecule has 1 aliphatic rings. The number of halogens is 5. The minimum atomic E-state index is -4.47. The fourth-order valence-corrected chi connectivity index (χ4v) is 5.15. The van der Waals surface area contributed by atoms with Crippen molar-refractivity contribution >= 4 is 45.1 Å². The molecule has 0 amide bonds. The second-order valence-corrected chi connectivity index (χ2v) is 10.5. The van der Waals surface area contributed by atoms with Gasteiger partial charge in [0, 0.05) is 21.1 Å². The number of fused-ring (bicyclic) bond motifs is 1. The lowest BCUT2D eigenvalue weighted by molar-refractivity contribution is -0.183. The summed E-state index contributed by atoms with van der Waals surface area (Å²) >= 11 is 8.61. The number of hydrogen-bond donors (Lipinski definition) is 0. The average molecular weight is 655 g/mol. The Balaban J connectivity index is 1.70. The number of ether oxygens (including phenoxy) is 3. The molecule has 38 heavy (non-hydrogen) atoms. The van der Waals surface area contributed by atoms with E-state index in [-0.39, 0.29) is 17.6 Å². The first-order valence-electron chi connectivity index (χ1n) is 12.0. The summed E-state index contributed by atoms with van der Waals surface area (Å²) in [7, 11) is 0. The van der Waals surface area contributed by atoms with Crippen molar-refractivity contribution < 1.29 is 27.4 Å². The zero-order valence-corrected chi connectivity index (χ0v) is 23.0. The van der Waals surface area contributed by atoms with E-state index in [1.54, 1.807) is 0 Å². The maximum absolute atomic E-state index is 13.3. The van der Waals surface area contributed by atoms with E-state index in [2.05, 4.69) is 32.6 Å². The van der Waals surface area contributed by atoms with Crippen LogP contribution in [-0.2, 0) is 21.3 Å². The van der Waals surface area contributed by atoms with E-state index >= 15 is 0 Å². The van der Waals surface area contributed by atoms with Crippen molar-refractivity contribution in [3.8, 4) is 5.75 Å². The van der Waals surface area contributed by atoms with Gasteiger partial charge in [0.25, 0.3) is 0 Å². The smallest absolute Gasteiger partial charge is 0.416 e. The molecule has 0 saturated carbocycles. The zero-order chi connectivity index (χ0) is 26.8. The molecule has 10 heteroatoms. The van der Waals surface area contributed by atoms with E-state index in [1.165, 1.54) is 12.1 Å². The predicted octanol–water partition coefficient (Wildman–Crippen LogP) is 7.77. The Morgan fingerprint density at radius 2 is 1.71 bits per heavy atom. The number of rotatable bonds is 7. The minimum absolute atomic E-state index is 0.0129. The summed E-state index contributed by atoms with van der Waals surface area (Å²) < 4.78 is 59.5. The molecule has 3 aromatic carbocycles. The number of nitrogens with zero attached hydrogens (tertiary/aromatic N) is 2. The molecular weight excluding hydrogens is 632 g/mol. The van der Waals surface area contributed by atoms with Gasteiger partial charge in [0.2, 0.25) is 5.28 Å². The summed E-state index contributed by atoms with van der Waals surface area (Å²) in [5.74, 6) is 0.212. The summed E-state index contributed by atoms with van der Waals surface area (Å²) in [6, 6.07) is 19.6. The maximum Gasteiger partial charge on any atom is 0.416 e. The van der Waals surface area contributed by atoms with Crippen LogP contribution in [0, 0.1) is 3.57 Å². The molecule has 0 N–H and O–H groups in total. The van der Waals surface area contributed by atoms with Gasteiger partial charge >= 0.3 is 6.18 Å². The first-order valence-corrected chi connectivity index (χ1v) is 13.5. The fourth-order valence-electron chi connectivity index (χ4n) is 4.48. The topological polar surface area (TPSA) is 53.5 Å². The van der Waals surface area contributed by atoms with Crippen molar-refractivity contribution in [1.29, 1.82) is 0 Å². The van der Waals surface area contributed by atoms with Crippen LogP contribution >= 0.6 is 34.2 Å². The molecule has 198 valence electrons. The third-order valence-electron chi connectivity index (χ3n) is 6.34. The number of alkyl halides is 3. The predicted molar refractivity (Wildman–Crippen MR) is 146 cm³/mol. The van der Waals surface area contributed by atoms with Crippen LogP contribution in [0.25, 0.3) is 10.9 Å². The van der Waals surface area contributed by atoms with Crippen LogP contribution in [0.1, 0.15) is 36.1 Å². The van der Waals surface area contributed by atoms with E-state index in [0.717, 1.165) is 28.5 Å². The van der Waals surface area contributed by atoms with Gasteiger partial charge in [-0.05, 0) is 95.9 Å². The number of hydrogen-bond acceptors (Lipinski definition) is 5. The summed E-state index contributed by atoms with van der Waals surface area (Å²) in [6.45, 7) is 0.555. The van der Waals surface area contributed by atoms with E-state index in [9.17, 15) is 13.2 Å². The molecule has 1 fully saturated rings. The first-order chi connectivity index (χ1) is 18.2. The van der Waals surface area contributed by atoms with E-state index in [1.807, 2.05) is 48.5 Å². The Hall–Kier alpha value is -2.47. The quantitative estimate of drug-likeness (QED) is 0.151. The molecule has 2 atom stereocenters. The monoisotopic (exact) mass is 654 g/mol. The van der Waals surface area contributed by atoms with Crippen LogP contribution in [0.2, 0.25) is 5.28 Å².